The van der Waals surface area contributed by atoms with Crippen LogP contribution in [0.5, 0.6) is 0 Å². The van der Waals surface area contributed by atoms with Gasteiger partial charge in [0.1, 0.15) is 6.54 Å². The zero-order valence-corrected chi connectivity index (χ0v) is 12.8. The zero-order valence-electron chi connectivity index (χ0n) is 12.8. The van der Waals surface area contributed by atoms with Gasteiger partial charge in [-0.1, -0.05) is 0 Å². The number of amides is 2. The topological polar surface area (TPSA) is 84.3 Å². The molecule has 0 atom stereocenters. The quantitative estimate of drug-likeness (QED) is 0.749. The molecule has 0 bridgehead atoms. The van der Waals surface area contributed by atoms with Crippen LogP contribution in [0.4, 0.5) is 4.79 Å². The van der Waals surface area contributed by atoms with Crippen molar-refractivity contribution in [3.8, 4) is 0 Å². The van der Waals surface area contributed by atoms with Crippen molar-refractivity contribution in [2.75, 3.05) is 39.3 Å². The SMILES string of the molecule is CC(C)(O)CN1CCN(C(=O)N(CC(=O)O)C2CC2)CC1. The van der Waals surface area contributed by atoms with E-state index in [0.717, 1.165) is 12.8 Å². The Morgan fingerprint density at radius 2 is 1.76 bits per heavy atom. The molecular weight excluding hydrogens is 274 g/mol. The summed E-state index contributed by atoms with van der Waals surface area (Å²) in [7, 11) is 0. The molecule has 1 aliphatic heterocycles. The van der Waals surface area contributed by atoms with Crippen molar-refractivity contribution in [2.45, 2.75) is 38.3 Å². The standard InChI is InChI=1S/C14H25N3O4/c1-14(2,21)10-15-5-7-16(8-6-15)13(20)17(9-12(18)19)11-3-4-11/h11,21H,3-10H2,1-2H3,(H,18,19). The third-order valence-electron chi connectivity index (χ3n) is 3.79. The van der Waals surface area contributed by atoms with E-state index in [-0.39, 0.29) is 18.6 Å². The third kappa shape index (κ3) is 4.86. The molecular formula is C14H25N3O4. The number of carboxylic acid groups (broad SMARTS) is 1. The average Bonchev–Trinajstić information content (AvgIpc) is 3.18. The predicted molar refractivity (Wildman–Crippen MR) is 77.1 cm³/mol. The highest BCUT2D eigenvalue weighted by Gasteiger charge is 2.37. The number of hydrogen-bond donors (Lipinski definition) is 2. The van der Waals surface area contributed by atoms with Crippen molar-refractivity contribution in [3.63, 3.8) is 0 Å². The van der Waals surface area contributed by atoms with Crippen molar-refractivity contribution in [2.24, 2.45) is 0 Å². The van der Waals surface area contributed by atoms with E-state index in [1.54, 1.807) is 18.7 Å². The number of urea groups is 1. The maximum atomic E-state index is 12.4. The normalized spacial score (nSPS) is 20.4. The first kappa shape index (κ1) is 16.0. The highest BCUT2D eigenvalue weighted by atomic mass is 16.4. The van der Waals surface area contributed by atoms with Gasteiger partial charge in [-0.05, 0) is 26.7 Å². The Morgan fingerprint density at radius 3 is 2.19 bits per heavy atom. The predicted octanol–water partition coefficient (Wildman–Crippen LogP) is 0.0439. The molecule has 0 unspecified atom stereocenters. The molecule has 1 saturated carbocycles. The molecule has 2 aliphatic rings. The van der Waals surface area contributed by atoms with E-state index in [2.05, 4.69) is 4.90 Å². The fraction of sp³-hybridized carbons (Fsp3) is 0.857. The minimum absolute atomic E-state index is 0.100. The average molecular weight is 299 g/mol. The van der Waals surface area contributed by atoms with E-state index in [9.17, 15) is 14.7 Å². The summed E-state index contributed by atoms with van der Waals surface area (Å²) in [5, 5.41) is 18.7. The van der Waals surface area contributed by atoms with Crippen LogP contribution in [0.15, 0.2) is 0 Å². The Labute approximate surface area is 125 Å². The lowest BCUT2D eigenvalue weighted by Crippen LogP contribution is -2.55. The molecule has 1 heterocycles. The van der Waals surface area contributed by atoms with Gasteiger partial charge in [-0.15, -0.1) is 0 Å². The lowest BCUT2D eigenvalue weighted by Gasteiger charge is -2.39. The van der Waals surface area contributed by atoms with Crippen LogP contribution in [0.2, 0.25) is 0 Å². The molecule has 120 valence electrons. The Kier molecular flexibility index (Phi) is 4.73. The first-order valence-electron chi connectivity index (χ1n) is 7.48. The maximum Gasteiger partial charge on any atom is 0.323 e. The largest absolute Gasteiger partial charge is 0.480 e. The van der Waals surface area contributed by atoms with Crippen molar-refractivity contribution in [3.05, 3.63) is 0 Å². The van der Waals surface area contributed by atoms with Crippen LogP contribution in [0.3, 0.4) is 0 Å². The number of aliphatic hydroxyl groups is 1. The molecule has 0 aromatic rings. The highest BCUT2D eigenvalue weighted by Crippen LogP contribution is 2.27. The minimum atomic E-state index is -0.962. The Hall–Kier alpha value is -1.34. The van der Waals surface area contributed by atoms with Crippen LogP contribution in [0, 0.1) is 0 Å². The van der Waals surface area contributed by atoms with Gasteiger partial charge in [0.15, 0.2) is 0 Å². The zero-order chi connectivity index (χ0) is 15.6. The molecule has 21 heavy (non-hydrogen) atoms. The van der Waals surface area contributed by atoms with Gasteiger partial charge in [0.2, 0.25) is 0 Å². The summed E-state index contributed by atoms with van der Waals surface area (Å²) in [6.45, 7) is 6.49. The second kappa shape index (κ2) is 6.19. The van der Waals surface area contributed by atoms with Crippen LogP contribution in [0.1, 0.15) is 26.7 Å². The van der Waals surface area contributed by atoms with Gasteiger partial charge in [0, 0.05) is 38.8 Å². The molecule has 1 saturated heterocycles. The number of piperazine rings is 1. The monoisotopic (exact) mass is 299 g/mol. The fourth-order valence-electron chi connectivity index (χ4n) is 2.71. The van der Waals surface area contributed by atoms with Gasteiger partial charge in [-0.3, -0.25) is 9.69 Å². The van der Waals surface area contributed by atoms with Crippen molar-refractivity contribution < 1.29 is 19.8 Å². The van der Waals surface area contributed by atoms with Gasteiger partial charge in [-0.25, -0.2) is 4.79 Å². The molecule has 2 amide bonds. The van der Waals surface area contributed by atoms with E-state index in [4.69, 9.17) is 5.11 Å². The Bertz CT molecular complexity index is 396. The van der Waals surface area contributed by atoms with E-state index < -0.39 is 11.6 Å². The number of carbonyl (C=O) groups is 2. The number of hydrogen-bond acceptors (Lipinski definition) is 4. The molecule has 0 aromatic carbocycles. The number of nitrogens with zero attached hydrogens (tertiary/aromatic N) is 3. The van der Waals surface area contributed by atoms with Gasteiger partial charge < -0.3 is 20.0 Å². The van der Waals surface area contributed by atoms with Crippen molar-refractivity contribution in [1.29, 1.82) is 0 Å². The molecule has 0 spiro atoms. The van der Waals surface area contributed by atoms with E-state index in [1.165, 1.54) is 4.90 Å². The smallest absolute Gasteiger partial charge is 0.323 e. The summed E-state index contributed by atoms with van der Waals surface area (Å²) in [4.78, 5) is 28.6. The van der Waals surface area contributed by atoms with Crippen LogP contribution in [-0.4, -0.2) is 87.8 Å². The lowest BCUT2D eigenvalue weighted by molar-refractivity contribution is -0.137. The summed E-state index contributed by atoms with van der Waals surface area (Å²) in [5.74, 6) is -0.962. The van der Waals surface area contributed by atoms with Crippen molar-refractivity contribution in [1.82, 2.24) is 14.7 Å². The molecule has 7 heteroatoms. The number of carbonyl (C=O) groups excluding carboxylic acids is 1. The van der Waals surface area contributed by atoms with Gasteiger partial charge in [0.05, 0.1) is 5.60 Å². The Morgan fingerprint density at radius 1 is 1.19 bits per heavy atom. The fourth-order valence-corrected chi connectivity index (χ4v) is 2.71. The highest BCUT2D eigenvalue weighted by molar-refractivity contribution is 5.80. The molecule has 0 radical (unpaired) electrons. The molecule has 7 nitrogen and oxygen atoms in total. The summed E-state index contributed by atoms with van der Waals surface area (Å²) in [6, 6.07) is -0.0641. The molecule has 2 fully saturated rings. The summed E-state index contributed by atoms with van der Waals surface area (Å²) < 4.78 is 0. The van der Waals surface area contributed by atoms with Crippen LogP contribution >= 0.6 is 0 Å². The number of carboxylic acids is 1. The summed E-state index contributed by atoms with van der Waals surface area (Å²) in [6.07, 6.45) is 1.80. The second-order valence-corrected chi connectivity index (χ2v) is 6.61. The van der Waals surface area contributed by atoms with E-state index >= 15 is 0 Å². The van der Waals surface area contributed by atoms with E-state index in [1.807, 2.05) is 0 Å². The molecule has 2 N–H and O–H groups in total. The van der Waals surface area contributed by atoms with Gasteiger partial charge >= 0.3 is 12.0 Å². The molecule has 0 aromatic heterocycles. The minimum Gasteiger partial charge on any atom is -0.480 e. The van der Waals surface area contributed by atoms with Crippen LogP contribution < -0.4 is 0 Å². The maximum absolute atomic E-state index is 12.4. The third-order valence-corrected chi connectivity index (χ3v) is 3.79. The van der Waals surface area contributed by atoms with Crippen LogP contribution in [0.25, 0.3) is 0 Å². The lowest BCUT2D eigenvalue weighted by atomic mass is 10.1. The first-order valence-corrected chi connectivity index (χ1v) is 7.48. The second-order valence-electron chi connectivity index (χ2n) is 6.61. The van der Waals surface area contributed by atoms with Gasteiger partial charge in [-0.2, -0.15) is 0 Å². The molecule has 1 aliphatic carbocycles. The number of aliphatic carboxylic acids is 1. The summed E-state index contributed by atoms with van der Waals surface area (Å²) in [5.41, 5.74) is -0.741. The number of β-amino-alcohol motifs (C(OH)–C–C–N with tert-alkyl or cyclic N) is 1. The van der Waals surface area contributed by atoms with E-state index in [0.29, 0.717) is 32.7 Å². The van der Waals surface area contributed by atoms with Crippen molar-refractivity contribution >= 4 is 12.0 Å². The molecule has 2 rings (SSSR count). The van der Waals surface area contributed by atoms with Crippen LogP contribution in [-0.2, 0) is 4.79 Å². The first-order chi connectivity index (χ1) is 9.76. The summed E-state index contributed by atoms with van der Waals surface area (Å²) >= 11 is 0. The Balaban J connectivity index is 1.85. The van der Waals surface area contributed by atoms with Gasteiger partial charge in [0.25, 0.3) is 0 Å². The number of rotatable bonds is 5.